The molecule has 1 aliphatic heterocycles. The first-order valence-corrected chi connectivity index (χ1v) is 10.8. The Morgan fingerprint density at radius 1 is 1.21 bits per heavy atom. The van der Waals surface area contributed by atoms with E-state index in [2.05, 4.69) is 51.5 Å². The van der Waals surface area contributed by atoms with Gasteiger partial charge < -0.3 is 15.5 Å². The molecule has 0 unspecified atom stereocenters. The molecule has 0 radical (unpaired) electrons. The number of aromatic nitrogens is 2. The largest absolute Gasteiger partial charge is 0.357 e. The zero-order valence-corrected chi connectivity index (χ0v) is 19.9. The predicted molar refractivity (Wildman–Crippen MR) is 129 cm³/mol. The van der Waals surface area contributed by atoms with Crippen molar-refractivity contribution in [2.24, 2.45) is 4.99 Å². The molecule has 0 aliphatic carbocycles. The van der Waals surface area contributed by atoms with Gasteiger partial charge in [0.15, 0.2) is 5.96 Å². The van der Waals surface area contributed by atoms with Crippen LogP contribution in [0.2, 0.25) is 0 Å². The van der Waals surface area contributed by atoms with E-state index in [4.69, 9.17) is 4.99 Å². The third-order valence-corrected chi connectivity index (χ3v) is 5.79. The molecule has 2 aromatic heterocycles. The summed E-state index contributed by atoms with van der Waals surface area (Å²) in [5.74, 6) is 1.93. The van der Waals surface area contributed by atoms with Crippen LogP contribution in [0.3, 0.4) is 0 Å². The van der Waals surface area contributed by atoms with Gasteiger partial charge in [-0.05, 0) is 43.9 Å². The van der Waals surface area contributed by atoms with Crippen LogP contribution >= 0.6 is 35.3 Å². The Morgan fingerprint density at radius 3 is 2.75 bits per heavy atom. The zero-order chi connectivity index (χ0) is 18.9. The van der Waals surface area contributed by atoms with Crippen molar-refractivity contribution in [3.05, 3.63) is 40.0 Å². The van der Waals surface area contributed by atoms with Crippen molar-refractivity contribution in [3.8, 4) is 0 Å². The van der Waals surface area contributed by atoms with E-state index in [1.165, 1.54) is 28.3 Å². The minimum Gasteiger partial charge on any atom is -0.357 e. The highest BCUT2D eigenvalue weighted by Gasteiger charge is 2.13. The fraction of sp³-hybridized carbons (Fsp3) is 0.550. The number of hydrogen-bond donors (Lipinski definition) is 2. The van der Waals surface area contributed by atoms with Gasteiger partial charge in [-0.3, -0.25) is 0 Å². The van der Waals surface area contributed by atoms with Crippen LogP contribution in [0.15, 0.2) is 29.5 Å². The summed E-state index contributed by atoms with van der Waals surface area (Å²) in [6, 6.07) is 4.22. The third-order valence-electron chi connectivity index (χ3n) is 4.59. The molecule has 1 saturated heterocycles. The number of anilines is 1. The highest BCUT2D eigenvalue weighted by atomic mass is 127. The molecular formula is C20H31IN6S. The second-order valence-corrected chi connectivity index (χ2v) is 7.86. The standard InChI is InChI=1S/C20H30N6S.HI/c1-3-17-15-24-19(27-17)8-10-23-20(21-4-2)25-14-16-7-9-22-18(13-16)26-11-5-6-12-26;/h7,9,13,15H,3-6,8,10-12,14H2,1-2H3,(H2,21,23,25);1H. The summed E-state index contributed by atoms with van der Waals surface area (Å²) in [5, 5.41) is 7.92. The number of guanidine groups is 1. The van der Waals surface area contributed by atoms with Gasteiger partial charge in [0.25, 0.3) is 0 Å². The molecular weight excluding hydrogens is 483 g/mol. The minimum atomic E-state index is 0. The lowest BCUT2D eigenvalue weighted by Gasteiger charge is -2.16. The summed E-state index contributed by atoms with van der Waals surface area (Å²) in [6.45, 7) is 8.80. The minimum absolute atomic E-state index is 0. The van der Waals surface area contributed by atoms with E-state index in [1.807, 2.05) is 12.4 Å². The van der Waals surface area contributed by atoms with E-state index in [9.17, 15) is 0 Å². The second-order valence-electron chi connectivity index (χ2n) is 6.66. The van der Waals surface area contributed by atoms with E-state index in [-0.39, 0.29) is 24.0 Å². The summed E-state index contributed by atoms with van der Waals surface area (Å²) in [6.07, 6.45) is 8.38. The molecule has 2 N–H and O–H groups in total. The Morgan fingerprint density at radius 2 is 2.04 bits per heavy atom. The number of pyridine rings is 1. The summed E-state index contributed by atoms with van der Waals surface area (Å²) in [7, 11) is 0. The predicted octanol–water partition coefficient (Wildman–Crippen LogP) is 3.62. The van der Waals surface area contributed by atoms with Crippen LogP contribution in [-0.2, 0) is 19.4 Å². The Kier molecular flexibility index (Phi) is 9.97. The lowest BCUT2D eigenvalue weighted by atomic mass is 10.2. The molecule has 2 aromatic rings. The van der Waals surface area contributed by atoms with Gasteiger partial charge in [0.2, 0.25) is 0 Å². The highest BCUT2D eigenvalue weighted by Crippen LogP contribution is 2.18. The second kappa shape index (κ2) is 12.2. The number of nitrogens with one attached hydrogen (secondary N) is 2. The number of aliphatic imine (C=N–C) groups is 1. The van der Waals surface area contributed by atoms with Gasteiger partial charge in [0, 0.05) is 49.9 Å². The molecule has 0 atom stereocenters. The maximum atomic E-state index is 4.74. The Bertz CT molecular complexity index is 742. The van der Waals surface area contributed by atoms with Gasteiger partial charge in [-0.1, -0.05) is 6.92 Å². The molecule has 6 nitrogen and oxygen atoms in total. The van der Waals surface area contributed by atoms with Gasteiger partial charge in [-0.15, -0.1) is 35.3 Å². The molecule has 28 heavy (non-hydrogen) atoms. The fourth-order valence-electron chi connectivity index (χ4n) is 3.11. The molecule has 0 spiro atoms. The van der Waals surface area contributed by atoms with Crippen LogP contribution in [0, 0.1) is 0 Å². The molecule has 1 fully saturated rings. The highest BCUT2D eigenvalue weighted by molar-refractivity contribution is 14.0. The SMILES string of the molecule is CCNC(=NCc1ccnc(N2CCCC2)c1)NCCc1ncc(CC)s1.I. The summed E-state index contributed by atoms with van der Waals surface area (Å²) in [5.41, 5.74) is 1.19. The average Bonchev–Trinajstić information content (AvgIpc) is 3.38. The van der Waals surface area contributed by atoms with E-state index in [1.54, 1.807) is 11.3 Å². The molecule has 1 aliphatic rings. The van der Waals surface area contributed by atoms with E-state index in [0.29, 0.717) is 6.54 Å². The van der Waals surface area contributed by atoms with Crippen molar-refractivity contribution in [3.63, 3.8) is 0 Å². The summed E-state index contributed by atoms with van der Waals surface area (Å²) >= 11 is 1.80. The van der Waals surface area contributed by atoms with E-state index < -0.39 is 0 Å². The Hall–Kier alpha value is -1.42. The first-order valence-electron chi connectivity index (χ1n) is 9.94. The zero-order valence-electron chi connectivity index (χ0n) is 16.8. The van der Waals surface area contributed by atoms with Gasteiger partial charge >= 0.3 is 0 Å². The fourth-order valence-corrected chi connectivity index (χ4v) is 3.97. The van der Waals surface area contributed by atoms with Crippen molar-refractivity contribution in [1.29, 1.82) is 0 Å². The number of thiazole rings is 1. The molecule has 0 amide bonds. The van der Waals surface area contributed by atoms with Gasteiger partial charge in [0.1, 0.15) is 5.82 Å². The molecule has 3 heterocycles. The van der Waals surface area contributed by atoms with Crippen LogP contribution in [-0.4, -0.2) is 42.1 Å². The lowest BCUT2D eigenvalue weighted by Crippen LogP contribution is -2.38. The number of rotatable bonds is 8. The quantitative estimate of drug-likeness (QED) is 0.320. The smallest absolute Gasteiger partial charge is 0.191 e. The van der Waals surface area contributed by atoms with Crippen molar-refractivity contribution >= 4 is 47.1 Å². The maximum absolute atomic E-state index is 4.74. The summed E-state index contributed by atoms with van der Waals surface area (Å²) < 4.78 is 0. The average molecular weight is 514 g/mol. The normalized spacial score (nSPS) is 14.1. The maximum Gasteiger partial charge on any atom is 0.191 e. The van der Waals surface area contributed by atoms with Crippen LogP contribution in [0.1, 0.15) is 42.1 Å². The van der Waals surface area contributed by atoms with Crippen molar-refractivity contribution < 1.29 is 0 Å². The number of aryl methyl sites for hydroxylation is 1. The lowest BCUT2D eigenvalue weighted by molar-refractivity contribution is 0.796. The molecule has 154 valence electrons. The Labute approximate surface area is 189 Å². The Balaban J connectivity index is 0.00000280. The number of hydrogen-bond acceptors (Lipinski definition) is 5. The summed E-state index contributed by atoms with van der Waals surface area (Å²) in [4.78, 5) is 17.4. The molecule has 0 bridgehead atoms. The topological polar surface area (TPSA) is 65.4 Å². The van der Waals surface area contributed by atoms with E-state index in [0.717, 1.165) is 50.8 Å². The van der Waals surface area contributed by atoms with Crippen LogP contribution < -0.4 is 15.5 Å². The number of nitrogens with zero attached hydrogens (tertiary/aromatic N) is 4. The van der Waals surface area contributed by atoms with Crippen LogP contribution in [0.5, 0.6) is 0 Å². The van der Waals surface area contributed by atoms with Crippen LogP contribution in [0.4, 0.5) is 5.82 Å². The van der Waals surface area contributed by atoms with Gasteiger partial charge in [0.05, 0.1) is 11.6 Å². The van der Waals surface area contributed by atoms with Gasteiger partial charge in [-0.2, -0.15) is 0 Å². The van der Waals surface area contributed by atoms with Crippen molar-refractivity contribution in [2.75, 3.05) is 31.1 Å². The first kappa shape index (κ1) is 22.9. The van der Waals surface area contributed by atoms with Crippen molar-refractivity contribution in [1.82, 2.24) is 20.6 Å². The third kappa shape index (κ3) is 6.88. The molecule has 3 rings (SSSR count). The van der Waals surface area contributed by atoms with Crippen molar-refractivity contribution in [2.45, 2.75) is 46.1 Å². The van der Waals surface area contributed by atoms with Crippen LogP contribution in [0.25, 0.3) is 0 Å². The molecule has 8 heteroatoms. The number of halogens is 1. The molecule has 0 aromatic carbocycles. The van der Waals surface area contributed by atoms with Gasteiger partial charge in [-0.25, -0.2) is 15.0 Å². The van der Waals surface area contributed by atoms with E-state index >= 15 is 0 Å². The monoisotopic (exact) mass is 514 g/mol. The first-order chi connectivity index (χ1) is 13.3. The molecule has 0 saturated carbocycles.